The predicted molar refractivity (Wildman–Crippen MR) is 132 cm³/mol. The van der Waals surface area contributed by atoms with Gasteiger partial charge in [-0.2, -0.15) is 4.99 Å². The van der Waals surface area contributed by atoms with Crippen molar-refractivity contribution >= 4 is 33.4 Å². The number of aromatic nitrogens is 1. The zero-order chi connectivity index (χ0) is 23.4. The van der Waals surface area contributed by atoms with Crippen LogP contribution in [0, 0.1) is 13.8 Å². The molecule has 5 nitrogen and oxygen atoms in total. The van der Waals surface area contributed by atoms with Gasteiger partial charge in [-0.05, 0) is 67.6 Å². The van der Waals surface area contributed by atoms with Crippen molar-refractivity contribution in [2.24, 2.45) is 4.99 Å². The zero-order valence-corrected chi connectivity index (χ0v) is 19.8. The van der Waals surface area contributed by atoms with E-state index in [-0.39, 0.29) is 18.4 Å². The SMILES string of the molecule is CCOC(=O)Cn1c(=NC(=O)c2ccc(Cc3ccccc3)cc2)sc2cc(C)cc(C)c21. The molecule has 168 valence electrons. The Hall–Kier alpha value is -3.51. The number of esters is 1. The fraction of sp³-hybridized carbons (Fsp3) is 0.222. The molecule has 4 aromatic rings. The minimum Gasteiger partial charge on any atom is -0.465 e. The highest BCUT2D eigenvalue weighted by atomic mass is 32.1. The number of ether oxygens (including phenoxy) is 1. The molecule has 0 saturated heterocycles. The van der Waals surface area contributed by atoms with Crippen molar-refractivity contribution in [3.63, 3.8) is 0 Å². The van der Waals surface area contributed by atoms with Gasteiger partial charge in [0.2, 0.25) is 0 Å². The molecule has 0 saturated carbocycles. The average Bonchev–Trinajstić information content (AvgIpc) is 3.11. The van der Waals surface area contributed by atoms with E-state index < -0.39 is 0 Å². The molecule has 1 amide bonds. The van der Waals surface area contributed by atoms with E-state index in [2.05, 4.69) is 29.3 Å². The van der Waals surface area contributed by atoms with E-state index >= 15 is 0 Å². The molecule has 1 heterocycles. The van der Waals surface area contributed by atoms with Crippen molar-refractivity contribution in [3.8, 4) is 0 Å². The number of benzene rings is 3. The van der Waals surface area contributed by atoms with Gasteiger partial charge in [-0.3, -0.25) is 9.59 Å². The Morgan fingerprint density at radius 3 is 2.36 bits per heavy atom. The lowest BCUT2D eigenvalue weighted by atomic mass is 10.0. The summed E-state index contributed by atoms with van der Waals surface area (Å²) in [6, 6.07) is 21.9. The molecule has 0 aliphatic rings. The van der Waals surface area contributed by atoms with Crippen LogP contribution in [0.5, 0.6) is 0 Å². The largest absolute Gasteiger partial charge is 0.465 e. The van der Waals surface area contributed by atoms with Gasteiger partial charge in [0.1, 0.15) is 6.54 Å². The first-order valence-corrected chi connectivity index (χ1v) is 11.7. The summed E-state index contributed by atoms with van der Waals surface area (Å²) < 4.78 is 7.93. The third kappa shape index (κ3) is 5.29. The monoisotopic (exact) mass is 458 g/mol. The molecule has 0 N–H and O–H groups in total. The minimum atomic E-state index is -0.351. The number of thiazole rings is 1. The number of aryl methyl sites for hydroxylation is 2. The fourth-order valence-corrected chi connectivity index (χ4v) is 5.11. The summed E-state index contributed by atoms with van der Waals surface area (Å²) in [4.78, 5) is 30.1. The van der Waals surface area contributed by atoms with Crippen molar-refractivity contribution in [2.45, 2.75) is 33.7 Å². The second-order valence-corrected chi connectivity index (χ2v) is 8.99. The third-order valence-corrected chi connectivity index (χ3v) is 6.38. The number of hydrogen-bond acceptors (Lipinski definition) is 4. The maximum Gasteiger partial charge on any atom is 0.326 e. The minimum absolute atomic E-state index is 0.0138. The van der Waals surface area contributed by atoms with E-state index in [9.17, 15) is 9.59 Å². The Kier molecular flexibility index (Phi) is 6.84. The van der Waals surface area contributed by atoms with Crippen LogP contribution in [-0.2, 0) is 22.5 Å². The molecular weight excluding hydrogens is 432 g/mol. The highest BCUT2D eigenvalue weighted by Crippen LogP contribution is 2.23. The maximum atomic E-state index is 13.0. The first-order valence-electron chi connectivity index (χ1n) is 10.9. The second kappa shape index (κ2) is 9.96. The molecule has 0 unspecified atom stereocenters. The molecule has 6 heteroatoms. The average molecular weight is 459 g/mol. The molecule has 0 fully saturated rings. The summed E-state index contributed by atoms with van der Waals surface area (Å²) in [5, 5.41) is 0. The molecule has 4 rings (SSSR count). The maximum absolute atomic E-state index is 13.0. The summed E-state index contributed by atoms with van der Waals surface area (Å²) in [6.45, 7) is 6.13. The van der Waals surface area contributed by atoms with Crippen molar-refractivity contribution in [1.29, 1.82) is 0 Å². The van der Waals surface area contributed by atoms with Gasteiger partial charge in [-0.25, -0.2) is 0 Å². The highest BCUT2D eigenvalue weighted by molar-refractivity contribution is 7.16. The molecule has 3 aromatic carbocycles. The van der Waals surface area contributed by atoms with Crippen LogP contribution in [0.3, 0.4) is 0 Å². The zero-order valence-electron chi connectivity index (χ0n) is 19.0. The number of rotatable bonds is 6. The second-order valence-electron chi connectivity index (χ2n) is 7.98. The number of nitrogens with zero attached hydrogens (tertiary/aromatic N) is 2. The van der Waals surface area contributed by atoms with Crippen molar-refractivity contribution < 1.29 is 14.3 Å². The lowest BCUT2D eigenvalue weighted by molar-refractivity contribution is -0.143. The smallest absolute Gasteiger partial charge is 0.326 e. The summed E-state index contributed by atoms with van der Waals surface area (Å²) in [7, 11) is 0. The summed E-state index contributed by atoms with van der Waals surface area (Å²) >= 11 is 1.41. The molecule has 0 aliphatic carbocycles. The van der Waals surface area contributed by atoms with Gasteiger partial charge in [-0.15, -0.1) is 0 Å². The van der Waals surface area contributed by atoms with Gasteiger partial charge in [0, 0.05) is 5.56 Å². The van der Waals surface area contributed by atoms with E-state index in [0.29, 0.717) is 17.0 Å². The molecular formula is C27H26N2O3S. The number of amides is 1. The number of carbonyl (C=O) groups is 2. The quantitative estimate of drug-likeness (QED) is 0.373. The standard InChI is InChI=1S/C27H26N2O3S/c1-4-32-24(30)17-29-25-19(3)14-18(2)15-23(25)33-27(29)28-26(31)22-12-10-21(11-13-22)16-20-8-6-5-7-9-20/h5-15H,4,16-17H2,1-3H3. The first-order chi connectivity index (χ1) is 15.9. The predicted octanol–water partition coefficient (Wildman–Crippen LogP) is 5.21. The van der Waals surface area contributed by atoms with E-state index in [1.165, 1.54) is 16.9 Å². The molecule has 0 atom stereocenters. The topological polar surface area (TPSA) is 60.7 Å². The lowest BCUT2D eigenvalue weighted by Crippen LogP contribution is -2.23. The van der Waals surface area contributed by atoms with Crippen LogP contribution in [0.2, 0.25) is 0 Å². The highest BCUT2D eigenvalue weighted by Gasteiger charge is 2.15. The molecule has 0 aliphatic heterocycles. The molecule has 33 heavy (non-hydrogen) atoms. The first kappa shape index (κ1) is 22.7. The van der Waals surface area contributed by atoms with Crippen LogP contribution in [0.4, 0.5) is 0 Å². The summed E-state index contributed by atoms with van der Waals surface area (Å²) in [5.74, 6) is -0.684. The number of fused-ring (bicyclic) bond motifs is 1. The van der Waals surface area contributed by atoms with Crippen molar-refractivity contribution in [1.82, 2.24) is 4.57 Å². The van der Waals surface area contributed by atoms with Crippen LogP contribution in [0.1, 0.15) is 39.5 Å². The van der Waals surface area contributed by atoms with Crippen molar-refractivity contribution in [3.05, 3.63) is 99.3 Å². The van der Waals surface area contributed by atoms with Gasteiger partial charge in [0.15, 0.2) is 4.80 Å². The van der Waals surface area contributed by atoms with Gasteiger partial charge >= 0.3 is 5.97 Å². The van der Waals surface area contributed by atoms with Gasteiger partial charge < -0.3 is 9.30 Å². The van der Waals surface area contributed by atoms with Crippen LogP contribution < -0.4 is 4.80 Å². The third-order valence-electron chi connectivity index (χ3n) is 5.35. The number of carbonyl (C=O) groups excluding carboxylic acids is 2. The van der Waals surface area contributed by atoms with Crippen LogP contribution in [0.25, 0.3) is 10.2 Å². The van der Waals surface area contributed by atoms with E-state index in [0.717, 1.165) is 33.3 Å². The Morgan fingerprint density at radius 1 is 0.970 bits per heavy atom. The molecule has 0 radical (unpaired) electrons. The Balaban J connectivity index is 1.68. The van der Waals surface area contributed by atoms with Gasteiger partial charge in [0.05, 0.1) is 16.8 Å². The van der Waals surface area contributed by atoms with E-state index in [4.69, 9.17) is 4.74 Å². The fourth-order valence-electron chi connectivity index (χ4n) is 3.91. The Labute approximate surface area is 197 Å². The molecule has 0 bridgehead atoms. The normalized spacial score (nSPS) is 11.7. The summed E-state index contributed by atoms with van der Waals surface area (Å²) in [6.07, 6.45) is 0.806. The van der Waals surface area contributed by atoms with Crippen molar-refractivity contribution in [2.75, 3.05) is 6.61 Å². The van der Waals surface area contributed by atoms with Gasteiger partial charge in [0.25, 0.3) is 5.91 Å². The van der Waals surface area contributed by atoms with E-state index in [1.54, 1.807) is 11.5 Å². The lowest BCUT2D eigenvalue weighted by Gasteiger charge is -2.07. The van der Waals surface area contributed by atoms with Crippen LogP contribution in [0.15, 0.2) is 71.7 Å². The van der Waals surface area contributed by atoms with Crippen LogP contribution >= 0.6 is 11.3 Å². The number of hydrogen-bond donors (Lipinski definition) is 0. The molecule has 1 aromatic heterocycles. The molecule has 0 spiro atoms. The van der Waals surface area contributed by atoms with Gasteiger partial charge in [-0.1, -0.05) is 59.9 Å². The Bertz CT molecular complexity index is 1370. The Morgan fingerprint density at radius 2 is 1.67 bits per heavy atom. The van der Waals surface area contributed by atoms with Crippen LogP contribution in [-0.4, -0.2) is 23.1 Å². The van der Waals surface area contributed by atoms with E-state index in [1.807, 2.05) is 56.3 Å². The summed E-state index contributed by atoms with van der Waals surface area (Å²) in [5.41, 5.74) is 5.92.